The van der Waals surface area contributed by atoms with Gasteiger partial charge in [0.1, 0.15) is 0 Å². The maximum Gasteiger partial charge on any atom is 0.282 e. The summed E-state index contributed by atoms with van der Waals surface area (Å²) < 4.78 is 29.0. The maximum absolute atomic E-state index is 12.9. The minimum Gasteiger partial charge on any atom is -0.356 e. The van der Waals surface area contributed by atoms with Crippen LogP contribution in [0.4, 0.5) is 0 Å². The number of nitrogens with zero attached hydrogens (tertiary/aromatic N) is 2. The number of amides is 1. The lowest BCUT2D eigenvalue weighted by atomic mass is 9.94. The van der Waals surface area contributed by atoms with Gasteiger partial charge in [-0.05, 0) is 37.5 Å². The fourth-order valence-electron chi connectivity index (χ4n) is 3.72. The first-order valence-electron chi connectivity index (χ1n) is 8.87. The lowest BCUT2D eigenvalue weighted by Gasteiger charge is -2.39. The van der Waals surface area contributed by atoms with Gasteiger partial charge in [0.05, 0.1) is 5.92 Å². The fraction of sp³-hybridized carbons (Fsp3) is 0.938. The minimum absolute atomic E-state index is 0.00729. The molecule has 134 valence electrons. The van der Waals surface area contributed by atoms with Crippen molar-refractivity contribution in [2.24, 2.45) is 17.8 Å². The SMILES string of the molecule is CCCNC(=O)[C@@H]1CCCN(S(=O)(=O)N2C[C@@H](C)C[C@H](C)C2)C1. The van der Waals surface area contributed by atoms with Crippen LogP contribution in [0.15, 0.2) is 0 Å². The van der Waals surface area contributed by atoms with Gasteiger partial charge in [0.15, 0.2) is 0 Å². The van der Waals surface area contributed by atoms with Crippen LogP contribution in [0.5, 0.6) is 0 Å². The summed E-state index contributed by atoms with van der Waals surface area (Å²) in [5, 5.41) is 2.89. The third-order valence-electron chi connectivity index (χ3n) is 4.79. The molecule has 0 aliphatic carbocycles. The molecule has 0 unspecified atom stereocenters. The van der Waals surface area contributed by atoms with Crippen LogP contribution in [-0.2, 0) is 15.0 Å². The Morgan fingerprint density at radius 3 is 2.39 bits per heavy atom. The molecule has 1 N–H and O–H groups in total. The van der Waals surface area contributed by atoms with E-state index in [1.807, 2.05) is 6.92 Å². The molecule has 0 bridgehead atoms. The number of nitrogens with one attached hydrogen (secondary N) is 1. The number of piperidine rings is 2. The predicted molar refractivity (Wildman–Crippen MR) is 91.0 cm³/mol. The van der Waals surface area contributed by atoms with E-state index in [1.165, 1.54) is 4.31 Å². The van der Waals surface area contributed by atoms with Crippen molar-refractivity contribution in [1.82, 2.24) is 13.9 Å². The highest BCUT2D eigenvalue weighted by molar-refractivity contribution is 7.86. The van der Waals surface area contributed by atoms with Crippen molar-refractivity contribution in [3.63, 3.8) is 0 Å². The molecule has 2 fully saturated rings. The molecule has 0 saturated carbocycles. The van der Waals surface area contributed by atoms with Crippen molar-refractivity contribution in [1.29, 1.82) is 0 Å². The van der Waals surface area contributed by atoms with Gasteiger partial charge in [-0.15, -0.1) is 0 Å². The summed E-state index contributed by atoms with van der Waals surface area (Å²) in [4.78, 5) is 12.2. The summed E-state index contributed by atoms with van der Waals surface area (Å²) in [6, 6.07) is 0. The molecule has 2 aliphatic rings. The Morgan fingerprint density at radius 1 is 1.13 bits per heavy atom. The van der Waals surface area contributed by atoms with Gasteiger partial charge in [0.25, 0.3) is 10.2 Å². The summed E-state index contributed by atoms with van der Waals surface area (Å²) in [5.74, 6) is 0.556. The van der Waals surface area contributed by atoms with Crippen LogP contribution in [0.1, 0.15) is 46.5 Å². The molecule has 23 heavy (non-hydrogen) atoms. The average Bonchev–Trinajstić information content (AvgIpc) is 2.51. The zero-order valence-electron chi connectivity index (χ0n) is 14.6. The van der Waals surface area contributed by atoms with E-state index in [2.05, 4.69) is 19.2 Å². The maximum atomic E-state index is 12.9. The molecule has 6 nitrogen and oxygen atoms in total. The van der Waals surface area contributed by atoms with Crippen molar-refractivity contribution < 1.29 is 13.2 Å². The molecule has 0 aromatic carbocycles. The van der Waals surface area contributed by atoms with Crippen LogP contribution < -0.4 is 5.32 Å². The zero-order valence-corrected chi connectivity index (χ0v) is 15.4. The second-order valence-corrected chi connectivity index (χ2v) is 9.19. The monoisotopic (exact) mass is 345 g/mol. The smallest absolute Gasteiger partial charge is 0.282 e. The Balaban J connectivity index is 2.03. The van der Waals surface area contributed by atoms with Crippen LogP contribution in [0.3, 0.4) is 0 Å². The second kappa shape index (κ2) is 7.94. The lowest BCUT2D eigenvalue weighted by molar-refractivity contribution is -0.126. The predicted octanol–water partition coefficient (Wildman–Crippen LogP) is 1.45. The summed E-state index contributed by atoms with van der Waals surface area (Å²) in [7, 11) is -3.45. The molecule has 0 aromatic rings. The van der Waals surface area contributed by atoms with Crippen molar-refractivity contribution >= 4 is 16.1 Å². The van der Waals surface area contributed by atoms with E-state index in [9.17, 15) is 13.2 Å². The molecular formula is C16H31N3O3S. The molecule has 1 amide bonds. The number of rotatable bonds is 5. The van der Waals surface area contributed by atoms with Gasteiger partial charge in [-0.1, -0.05) is 20.8 Å². The molecular weight excluding hydrogens is 314 g/mol. The quantitative estimate of drug-likeness (QED) is 0.820. The third-order valence-corrected chi connectivity index (χ3v) is 6.73. The van der Waals surface area contributed by atoms with Crippen LogP contribution in [0, 0.1) is 17.8 Å². The van der Waals surface area contributed by atoms with E-state index in [-0.39, 0.29) is 11.8 Å². The average molecular weight is 346 g/mol. The van der Waals surface area contributed by atoms with Crippen LogP contribution >= 0.6 is 0 Å². The highest BCUT2D eigenvalue weighted by atomic mass is 32.2. The first-order valence-corrected chi connectivity index (χ1v) is 10.3. The lowest BCUT2D eigenvalue weighted by Crippen LogP contribution is -2.53. The normalized spacial score (nSPS) is 31.0. The van der Waals surface area contributed by atoms with E-state index in [0.717, 1.165) is 25.7 Å². The number of hydrogen-bond donors (Lipinski definition) is 1. The standard InChI is InChI=1S/C16H31N3O3S/c1-4-7-17-16(20)15-6-5-8-18(12-15)23(21,22)19-10-13(2)9-14(3)11-19/h13-15H,4-12H2,1-3H3,(H,17,20)/t13-,14-,15+/m0/s1. The summed E-state index contributed by atoms with van der Waals surface area (Å²) in [5.41, 5.74) is 0. The highest BCUT2D eigenvalue weighted by Crippen LogP contribution is 2.27. The Hall–Kier alpha value is -0.660. The second-order valence-electron chi connectivity index (χ2n) is 7.26. The molecule has 0 radical (unpaired) electrons. The molecule has 0 aromatic heterocycles. The van der Waals surface area contributed by atoms with Gasteiger partial charge in [0, 0.05) is 32.7 Å². The Morgan fingerprint density at radius 2 is 1.78 bits per heavy atom. The summed E-state index contributed by atoms with van der Waals surface area (Å²) >= 11 is 0. The molecule has 7 heteroatoms. The van der Waals surface area contributed by atoms with Gasteiger partial charge in [-0.25, -0.2) is 0 Å². The third kappa shape index (κ3) is 4.67. The Bertz CT molecular complexity index is 499. The van der Waals surface area contributed by atoms with Crippen molar-refractivity contribution in [2.75, 3.05) is 32.7 Å². The van der Waals surface area contributed by atoms with E-state index in [4.69, 9.17) is 0 Å². The van der Waals surface area contributed by atoms with Gasteiger partial charge < -0.3 is 5.32 Å². The first-order chi connectivity index (χ1) is 10.8. The first kappa shape index (κ1) is 18.7. The zero-order chi connectivity index (χ0) is 17.0. The molecule has 2 heterocycles. The van der Waals surface area contributed by atoms with Crippen LogP contribution in [0.2, 0.25) is 0 Å². The minimum atomic E-state index is -3.45. The molecule has 2 aliphatic heterocycles. The Kier molecular flexibility index (Phi) is 6.45. The Labute approximate surface area is 140 Å². The van der Waals surface area contributed by atoms with Gasteiger partial charge in [-0.3, -0.25) is 4.79 Å². The number of hydrogen-bond acceptors (Lipinski definition) is 3. The summed E-state index contributed by atoms with van der Waals surface area (Å²) in [6.45, 7) is 8.91. The van der Waals surface area contributed by atoms with Crippen LogP contribution in [0.25, 0.3) is 0 Å². The topological polar surface area (TPSA) is 69.7 Å². The number of carbonyl (C=O) groups excluding carboxylic acids is 1. The van der Waals surface area contributed by atoms with E-state index in [0.29, 0.717) is 44.6 Å². The van der Waals surface area contributed by atoms with E-state index >= 15 is 0 Å². The molecule has 3 atom stereocenters. The molecule has 0 spiro atoms. The largest absolute Gasteiger partial charge is 0.356 e. The summed E-state index contributed by atoms with van der Waals surface area (Å²) in [6.07, 6.45) is 3.49. The van der Waals surface area contributed by atoms with Crippen LogP contribution in [-0.4, -0.2) is 55.7 Å². The van der Waals surface area contributed by atoms with E-state index < -0.39 is 10.2 Å². The van der Waals surface area contributed by atoms with E-state index in [1.54, 1.807) is 4.31 Å². The molecule has 2 saturated heterocycles. The van der Waals surface area contributed by atoms with Crippen molar-refractivity contribution in [3.8, 4) is 0 Å². The van der Waals surface area contributed by atoms with Gasteiger partial charge >= 0.3 is 0 Å². The van der Waals surface area contributed by atoms with Crippen molar-refractivity contribution in [3.05, 3.63) is 0 Å². The van der Waals surface area contributed by atoms with Crippen molar-refractivity contribution in [2.45, 2.75) is 46.5 Å². The fourth-order valence-corrected chi connectivity index (χ4v) is 5.66. The molecule has 2 rings (SSSR count). The number of carbonyl (C=O) groups is 1. The van der Waals surface area contributed by atoms with Gasteiger partial charge in [0.2, 0.25) is 5.91 Å². The van der Waals surface area contributed by atoms with Gasteiger partial charge in [-0.2, -0.15) is 17.0 Å². The highest BCUT2D eigenvalue weighted by Gasteiger charge is 2.38.